The second kappa shape index (κ2) is 8.69. The highest BCUT2D eigenvalue weighted by Gasteiger charge is 2.58. The molecule has 0 spiro atoms. The highest BCUT2D eigenvalue weighted by Crippen LogP contribution is 2.49. The number of aryl methyl sites for hydroxylation is 1. The van der Waals surface area contributed by atoms with Gasteiger partial charge in [0.05, 0.1) is 35.2 Å². The maximum absolute atomic E-state index is 13.2. The number of sulfone groups is 1. The number of carbonyl (C=O) groups excluding carboxylic acids is 1. The zero-order valence-corrected chi connectivity index (χ0v) is 18.1. The summed E-state index contributed by atoms with van der Waals surface area (Å²) in [6.45, 7) is 3.61. The average molecular weight is 455 g/mol. The molecule has 3 rings (SSSR count). The lowest BCUT2D eigenvalue weighted by molar-refractivity contribution is -0.112. The summed E-state index contributed by atoms with van der Waals surface area (Å²) in [6, 6.07) is 3.53. The zero-order valence-electron chi connectivity index (χ0n) is 17.3. The molecule has 2 aromatic rings. The molecule has 0 saturated heterocycles. The average Bonchev–Trinajstić information content (AvgIpc) is 3.11. The molecule has 0 radical (unpaired) electrons. The van der Waals surface area contributed by atoms with Crippen molar-refractivity contribution < 1.29 is 26.8 Å². The summed E-state index contributed by atoms with van der Waals surface area (Å²) in [5.41, 5.74) is 1.27. The number of aromatic nitrogens is 3. The molecule has 1 amide bonds. The van der Waals surface area contributed by atoms with E-state index in [9.17, 15) is 22.0 Å². The normalized spacial score (nSPS) is 18.0. The van der Waals surface area contributed by atoms with Gasteiger partial charge in [-0.1, -0.05) is 5.16 Å². The molecule has 12 heteroatoms. The minimum absolute atomic E-state index is 0.196. The first-order chi connectivity index (χ1) is 14.6. The van der Waals surface area contributed by atoms with E-state index < -0.39 is 45.5 Å². The molecule has 0 aliphatic heterocycles. The van der Waals surface area contributed by atoms with Crippen LogP contribution in [-0.4, -0.2) is 65.9 Å². The maximum atomic E-state index is 13.2. The van der Waals surface area contributed by atoms with Crippen molar-refractivity contribution in [1.29, 1.82) is 0 Å². The van der Waals surface area contributed by atoms with Gasteiger partial charge in [0.25, 0.3) is 11.8 Å². The number of oxime groups is 1. The van der Waals surface area contributed by atoms with Crippen LogP contribution in [0.4, 0.5) is 14.5 Å². The molecule has 2 heterocycles. The van der Waals surface area contributed by atoms with E-state index in [-0.39, 0.29) is 12.3 Å². The van der Waals surface area contributed by atoms with Gasteiger partial charge >= 0.3 is 0 Å². The molecule has 1 aliphatic carbocycles. The Hall–Kier alpha value is -2.89. The molecule has 168 valence electrons. The van der Waals surface area contributed by atoms with Crippen LogP contribution in [0.2, 0.25) is 0 Å². The molecule has 1 aliphatic rings. The van der Waals surface area contributed by atoms with Gasteiger partial charge in [0.2, 0.25) is 0 Å². The van der Waals surface area contributed by atoms with Crippen LogP contribution in [0.15, 0.2) is 35.9 Å². The number of alkyl halides is 2. The standard InChI is InChI=1S/C19H23F2N5O4S/c1-4-25(17-10-26(23-13(17)2)15-6-5-7-22-9-15)18(27)16(24-30-3)12-31(28,29)11-14-8-19(14,20)21/h5-7,9-10,14H,4,8,11-12H2,1-3H3. The van der Waals surface area contributed by atoms with Crippen molar-refractivity contribution in [3.63, 3.8) is 0 Å². The number of rotatable bonds is 9. The maximum Gasteiger partial charge on any atom is 0.277 e. The van der Waals surface area contributed by atoms with E-state index in [2.05, 4.69) is 20.1 Å². The van der Waals surface area contributed by atoms with Crippen LogP contribution in [-0.2, 0) is 19.5 Å². The Kier molecular flexibility index (Phi) is 6.39. The number of hydrogen-bond acceptors (Lipinski definition) is 7. The zero-order chi connectivity index (χ0) is 22.8. The molecule has 0 aromatic carbocycles. The molecule has 9 nitrogen and oxygen atoms in total. The first kappa shape index (κ1) is 22.8. The molecule has 1 unspecified atom stereocenters. The third-order valence-electron chi connectivity index (χ3n) is 4.85. The second-order valence-corrected chi connectivity index (χ2v) is 9.35. The van der Waals surface area contributed by atoms with Gasteiger partial charge in [-0.2, -0.15) is 5.10 Å². The van der Waals surface area contributed by atoms with Gasteiger partial charge in [-0.25, -0.2) is 21.9 Å². The van der Waals surface area contributed by atoms with Crippen molar-refractivity contribution in [2.75, 3.05) is 30.1 Å². The predicted molar refractivity (Wildman–Crippen MR) is 110 cm³/mol. The Morgan fingerprint density at radius 2 is 2.16 bits per heavy atom. The monoisotopic (exact) mass is 455 g/mol. The van der Waals surface area contributed by atoms with E-state index in [1.54, 1.807) is 49.3 Å². The van der Waals surface area contributed by atoms with Crippen molar-refractivity contribution in [2.45, 2.75) is 26.2 Å². The van der Waals surface area contributed by atoms with E-state index in [0.717, 1.165) is 0 Å². The van der Waals surface area contributed by atoms with E-state index in [4.69, 9.17) is 0 Å². The minimum atomic E-state index is -4.00. The lowest BCUT2D eigenvalue weighted by Crippen LogP contribution is -2.40. The molecule has 0 bridgehead atoms. The van der Waals surface area contributed by atoms with Crippen molar-refractivity contribution >= 4 is 27.1 Å². The van der Waals surface area contributed by atoms with Gasteiger partial charge in [-0.05, 0) is 26.0 Å². The van der Waals surface area contributed by atoms with E-state index >= 15 is 0 Å². The number of carbonyl (C=O) groups is 1. The summed E-state index contributed by atoms with van der Waals surface area (Å²) >= 11 is 0. The van der Waals surface area contributed by atoms with Crippen molar-refractivity contribution in [3.8, 4) is 5.69 Å². The summed E-state index contributed by atoms with van der Waals surface area (Å²) in [7, 11) is -2.82. The Morgan fingerprint density at radius 3 is 2.71 bits per heavy atom. The number of hydrogen-bond donors (Lipinski definition) is 0. The number of halogens is 2. The number of anilines is 1. The van der Waals surface area contributed by atoms with Gasteiger partial charge in [-0.15, -0.1) is 0 Å². The lowest BCUT2D eigenvalue weighted by atomic mass is 10.3. The van der Waals surface area contributed by atoms with Gasteiger partial charge in [0.1, 0.15) is 12.9 Å². The highest BCUT2D eigenvalue weighted by molar-refractivity contribution is 7.92. The van der Waals surface area contributed by atoms with Crippen molar-refractivity contribution in [1.82, 2.24) is 14.8 Å². The van der Waals surface area contributed by atoms with Gasteiger partial charge in [-0.3, -0.25) is 9.78 Å². The van der Waals surface area contributed by atoms with Crippen molar-refractivity contribution in [2.24, 2.45) is 11.1 Å². The van der Waals surface area contributed by atoms with Crippen LogP contribution in [0.3, 0.4) is 0 Å². The molecule has 0 N–H and O–H groups in total. The largest absolute Gasteiger partial charge is 0.399 e. The van der Waals surface area contributed by atoms with E-state index in [1.807, 2.05) is 0 Å². The van der Waals surface area contributed by atoms with E-state index in [0.29, 0.717) is 17.1 Å². The summed E-state index contributed by atoms with van der Waals surface area (Å²) in [6.07, 6.45) is 4.38. The van der Waals surface area contributed by atoms with Crippen LogP contribution in [0.5, 0.6) is 0 Å². The van der Waals surface area contributed by atoms with Crippen LogP contribution >= 0.6 is 0 Å². The number of amides is 1. The third-order valence-corrected chi connectivity index (χ3v) is 6.47. The fourth-order valence-corrected chi connectivity index (χ4v) is 4.86. The Morgan fingerprint density at radius 1 is 1.45 bits per heavy atom. The topological polar surface area (TPSA) is 107 Å². The van der Waals surface area contributed by atoms with Gasteiger partial charge in [0, 0.05) is 25.1 Å². The quantitative estimate of drug-likeness (QED) is 0.423. The Balaban J connectivity index is 1.84. The number of nitrogens with zero attached hydrogens (tertiary/aromatic N) is 5. The first-order valence-corrected chi connectivity index (χ1v) is 11.4. The Bertz CT molecular complexity index is 1090. The summed E-state index contributed by atoms with van der Waals surface area (Å²) in [5, 5.41) is 7.97. The van der Waals surface area contributed by atoms with Gasteiger partial charge < -0.3 is 9.74 Å². The van der Waals surface area contributed by atoms with Crippen LogP contribution in [0.1, 0.15) is 19.0 Å². The SMILES string of the molecule is CCN(C(=O)C(CS(=O)(=O)CC1CC1(F)F)=NOC)c1cn(-c2cccnc2)nc1C. The summed E-state index contributed by atoms with van der Waals surface area (Å²) in [4.78, 5) is 23.1. The fraction of sp³-hybridized carbons (Fsp3) is 0.474. The molecular weight excluding hydrogens is 432 g/mol. The number of pyridine rings is 1. The first-order valence-electron chi connectivity index (χ1n) is 9.54. The summed E-state index contributed by atoms with van der Waals surface area (Å²) in [5.74, 6) is -6.40. The second-order valence-electron chi connectivity index (χ2n) is 7.24. The van der Waals surface area contributed by atoms with Crippen molar-refractivity contribution in [3.05, 3.63) is 36.4 Å². The molecule has 1 atom stereocenters. The highest BCUT2D eigenvalue weighted by atomic mass is 32.2. The molecule has 1 saturated carbocycles. The van der Waals surface area contributed by atoms with E-state index in [1.165, 1.54) is 12.0 Å². The third kappa shape index (κ3) is 5.24. The minimum Gasteiger partial charge on any atom is -0.399 e. The van der Waals surface area contributed by atoms with Crippen LogP contribution < -0.4 is 4.90 Å². The predicted octanol–water partition coefficient (Wildman–Crippen LogP) is 2.00. The fourth-order valence-electron chi connectivity index (χ4n) is 3.18. The summed E-state index contributed by atoms with van der Waals surface area (Å²) < 4.78 is 52.7. The van der Waals surface area contributed by atoms with Crippen LogP contribution in [0.25, 0.3) is 5.69 Å². The molecular formula is C19H23F2N5O4S. The Labute approximate surface area is 178 Å². The molecule has 31 heavy (non-hydrogen) atoms. The molecule has 2 aromatic heterocycles. The lowest BCUT2D eigenvalue weighted by Gasteiger charge is -2.20. The van der Waals surface area contributed by atoms with Crippen LogP contribution in [0, 0.1) is 12.8 Å². The molecule has 1 fully saturated rings. The smallest absolute Gasteiger partial charge is 0.277 e. The van der Waals surface area contributed by atoms with Gasteiger partial charge in [0.15, 0.2) is 15.5 Å².